The Balaban J connectivity index is 0.00000144. The first-order valence-corrected chi connectivity index (χ1v) is 6.51. The first-order valence-electron chi connectivity index (χ1n) is 5.70. The van der Waals surface area contributed by atoms with Gasteiger partial charge >= 0.3 is 0 Å². The number of aryl methyl sites for hydroxylation is 2. The summed E-state index contributed by atoms with van der Waals surface area (Å²) in [6.45, 7) is 5.65. The SMILES string of the molecule is Cc1cc(C(=O)N2CCC[C@@H](N)C2)sc1C.Cl. The number of halogens is 1. The largest absolute Gasteiger partial charge is 0.336 e. The Labute approximate surface area is 112 Å². The molecule has 2 N–H and O–H groups in total. The number of thiophene rings is 1. The Morgan fingerprint density at radius 2 is 2.24 bits per heavy atom. The maximum Gasteiger partial charge on any atom is 0.263 e. The van der Waals surface area contributed by atoms with Crippen molar-refractivity contribution in [3.05, 3.63) is 21.4 Å². The van der Waals surface area contributed by atoms with Gasteiger partial charge in [0.2, 0.25) is 0 Å². The summed E-state index contributed by atoms with van der Waals surface area (Å²) in [4.78, 5) is 16.2. The van der Waals surface area contributed by atoms with Crippen LogP contribution in [0.1, 0.15) is 33.0 Å². The van der Waals surface area contributed by atoms with Crippen LogP contribution in [0.5, 0.6) is 0 Å². The molecule has 1 aromatic rings. The number of rotatable bonds is 1. The van der Waals surface area contributed by atoms with E-state index in [0.717, 1.165) is 24.3 Å². The molecule has 1 fully saturated rings. The monoisotopic (exact) mass is 274 g/mol. The molecule has 1 saturated heterocycles. The van der Waals surface area contributed by atoms with E-state index in [2.05, 4.69) is 6.92 Å². The van der Waals surface area contributed by atoms with E-state index in [1.807, 2.05) is 17.9 Å². The third-order valence-corrected chi connectivity index (χ3v) is 4.26. The summed E-state index contributed by atoms with van der Waals surface area (Å²) in [5.74, 6) is 0.149. The molecule has 1 aliphatic rings. The van der Waals surface area contributed by atoms with E-state index in [1.54, 1.807) is 11.3 Å². The van der Waals surface area contributed by atoms with E-state index < -0.39 is 0 Å². The first-order chi connectivity index (χ1) is 7.58. The van der Waals surface area contributed by atoms with Crippen molar-refractivity contribution in [2.24, 2.45) is 5.73 Å². The number of hydrogen-bond acceptors (Lipinski definition) is 3. The van der Waals surface area contributed by atoms with Gasteiger partial charge in [-0.15, -0.1) is 23.7 Å². The average molecular weight is 275 g/mol. The second-order valence-electron chi connectivity index (χ2n) is 4.50. The highest BCUT2D eigenvalue weighted by atomic mass is 35.5. The lowest BCUT2D eigenvalue weighted by Crippen LogP contribution is -2.45. The quantitative estimate of drug-likeness (QED) is 0.854. The average Bonchev–Trinajstić information content (AvgIpc) is 2.58. The van der Waals surface area contributed by atoms with Crippen molar-refractivity contribution < 1.29 is 4.79 Å². The van der Waals surface area contributed by atoms with E-state index in [4.69, 9.17) is 5.73 Å². The summed E-state index contributed by atoms with van der Waals surface area (Å²) in [5.41, 5.74) is 7.09. The number of piperidine rings is 1. The molecule has 1 aromatic heterocycles. The Hall–Kier alpha value is -0.580. The highest BCUT2D eigenvalue weighted by Crippen LogP contribution is 2.23. The topological polar surface area (TPSA) is 46.3 Å². The minimum atomic E-state index is 0. The van der Waals surface area contributed by atoms with Crippen LogP contribution in [0.2, 0.25) is 0 Å². The zero-order valence-electron chi connectivity index (χ0n) is 10.2. The normalized spacial score (nSPS) is 19.9. The third-order valence-electron chi connectivity index (χ3n) is 3.12. The van der Waals surface area contributed by atoms with E-state index in [1.165, 1.54) is 10.4 Å². The molecule has 0 unspecified atom stereocenters. The van der Waals surface area contributed by atoms with Crippen LogP contribution in [0.3, 0.4) is 0 Å². The highest BCUT2D eigenvalue weighted by Gasteiger charge is 2.23. The molecular formula is C12H19ClN2OS. The highest BCUT2D eigenvalue weighted by molar-refractivity contribution is 7.14. The fourth-order valence-corrected chi connectivity index (χ4v) is 3.03. The van der Waals surface area contributed by atoms with E-state index in [9.17, 15) is 4.79 Å². The van der Waals surface area contributed by atoms with Gasteiger partial charge in [0.15, 0.2) is 0 Å². The van der Waals surface area contributed by atoms with Crippen molar-refractivity contribution in [1.29, 1.82) is 0 Å². The van der Waals surface area contributed by atoms with Crippen molar-refractivity contribution in [2.75, 3.05) is 13.1 Å². The zero-order chi connectivity index (χ0) is 11.7. The molecule has 1 amide bonds. The number of carbonyl (C=O) groups is 1. The Kier molecular flexibility index (Phi) is 4.98. The van der Waals surface area contributed by atoms with Gasteiger partial charge in [-0.3, -0.25) is 4.79 Å². The Bertz CT molecular complexity index is 386. The molecule has 2 heterocycles. The van der Waals surface area contributed by atoms with Crippen molar-refractivity contribution in [3.8, 4) is 0 Å². The predicted octanol–water partition coefficient (Wildman–Crippen LogP) is 2.35. The van der Waals surface area contributed by atoms with E-state index in [-0.39, 0.29) is 24.4 Å². The van der Waals surface area contributed by atoms with Gasteiger partial charge in [0.05, 0.1) is 4.88 Å². The second-order valence-corrected chi connectivity index (χ2v) is 5.76. The molecule has 2 rings (SSSR count). The number of nitrogens with zero attached hydrogens (tertiary/aromatic N) is 1. The molecule has 17 heavy (non-hydrogen) atoms. The van der Waals surface area contributed by atoms with Crippen LogP contribution in [0.15, 0.2) is 6.07 Å². The van der Waals surface area contributed by atoms with Crippen LogP contribution in [0.25, 0.3) is 0 Å². The standard InChI is InChI=1S/C12H18N2OS.ClH/c1-8-6-11(16-9(8)2)12(15)14-5-3-4-10(13)7-14;/h6,10H,3-5,7,13H2,1-2H3;1H/t10-;/m1./s1. The lowest BCUT2D eigenvalue weighted by atomic mass is 10.1. The molecule has 1 aliphatic heterocycles. The number of nitrogens with two attached hydrogens (primary N) is 1. The van der Waals surface area contributed by atoms with Gasteiger partial charge in [0, 0.05) is 24.0 Å². The van der Waals surface area contributed by atoms with Crippen LogP contribution < -0.4 is 5.73 Å². The Morgan fingerprint density at radius 3 is 2.76 bits per heavy atom. The smallest absolute Gasteiger partial charge is 0.263 e. The summed E-state index contributed by atoms with van der Waals surface area (Å²) >= 11 is 1.59. The fraction of sp³-hybridized carbons (Fsp3) is 0.583. The number of likely N-dealkylation sites (tertiary alicyclic amines) is 1. The van der Waals surface area contributed by atoms with Crippen molar-refractivity contribution in [1.82, 2.24) is 4.90 Å². The molecular weight excluding hydrogens is 256 g/mol. The molecule has 0 saturated carbocycles. The lowest BCUT2D eigenvalue weighted by molar-refractivity contribution is 0.0713. The molecule has 0 aromatic carbocycles. The van der Waals surface area contributed by atoms with Gasteiger partial charge in [-0.2, -0.15) is 0 Å². The van der Waals surface area contributed by atoms with Gasteiger partial charge in [-0.1, -0.05) is 0 Å². The third kappa shape index (κ3) is 3.21. The lowest BCUT2D eigenvalue weighted by Gasteiger charge is -2.30. The van der Waals surface area contributed by atoms with Crippen LogP contribution >= 0.6 is 23.7 Å². The maximum absolute atomic E-state index is 12.2. The molecule has 5 heteroatoms. The summed E-state index contributed by atoms with van der Waals surface area (Å²) < 4.78 is 0. The molecule has 1 atom stereocenters. The van der Waals surface area contributed by atoms with Gasteiger partial charge in [0.1, 0.15) is 0 Å². The molecule has 3 nitrogen and oxygen atoms in total. The maximum atomic E-state index is 12.2. The minimum Gasteiger partial charge on any atom is -0.336 e. The molecule has 0 spiro atoms. The molecule has 0 radical (unpaired) electrons. The zero-order valence-corrected chi connectivity index (χ0v) is 11.9. The van der Waals surface area contributed by atoms with Crippen LogP contribution in [-0.4, -0.2) is 29.9 Å². The number of hydrogen-bond donors (Lipinski definition) is 1. The van der Waals surface area contributed by atoms with Gasteiger partial charge in [-0.25, -0.2) is 0 Å². The van der Waals surface area contributed by atoms with Gasteiger partial charge < -0.3 is 10.6 Å². The Morgan fingerprint density at radius 1 is 1.53 bits per heavy atom. The molecule has 0 aliphatic carbocycles. The van der Waals surface area contributed by atoms with E-state index >= 15 is 0 Å². The second kappa shape index (κ2) is 5.85. The molecule has 96 valence electrons. The van der Waals surface area contributed by atoms with Crippen molar-refractivity contribution in [3.63, 3.8) is 0 Å². The minimum absolute atomic E-state index is 0. The predicted molar refractivity (Wildman–Crippen MR) is 74.2 cm³/mol. The first kappa shape index (κ1) is 14.5. The van der Waals surface area contributed by atoms with Crippen LogP contribution in [0.4, 0.5) is 0 Å². The summed E-state index contributed by atoms with van der Waals surface area (Å²) in [5, 5.41) is 0. The summed E-state index contributed by atoms with van der Waals surface area (Å²) in [7, 11) is 0. The van der Waals surface area contributed by atoms with Crippen LogP contribution in [-0.2, 0) is 0 Å². The van der Waals surface area contributed by atoms with Gasteiger partial charge in [-0.05, 0) is 38.3 Å². The molecule has 0 bridgehead atoms. The summed E-state index contributed by atoms with van der Waals surface area (Å²) in [6, 6.07) is 2.14. The van der Waals surface area contributed by atoms with E-state index in [0.29, 0.717) is 6.54 Å². The fourth-order valence-electron chi connectivity index (χ4n) is 2.03. The van der Waals surface area contributed by atoms with Crippen molar-refractivity contribution in [2.45, 2.75) is 32.7 Å². The van der Waals surface area contributed by atoms with Crippen LogP contribution in [0, 0.1) is 13.8 Å². The number of amides is 1. The number of carbonyl (C=O) groups excluding carboxylic acids is 1. The summed E-state index contributed by atoms with van der Waals surface area (Å²) in [6.07, 6.45) is 2.06. The van der Waals surface area contributed by atoms with Gasteiger partial charge in [0.25, 0.3) is 5.91 Å². The van der Waals surface area contributed by atoms with Crippen molar-refractivity contribution >= 4 is 29.7 Å².